The van der Waals surface area contributed by atoms with Gasteiger partial charge in [0.2, 0.25) is 17.7 Å². The van der Waals surface area contributed by atoms with Crippen molar-refractivity contribution in [3.63, 3.8) is 0 Å². The maximum absolute atomic E-state index is 13.3. The number of rotatable bonds is 14. The quantitative estimate of drug-likeness (QED) is 0.163. The van der Waals surface area contributed by atoms with Crippen molar-refractivity contribution in [2.75, 3.05) is 18.6 Å². The Labute approximate surface area is 212 Å². The molecule has 0 bridgehead atoms. The largest absolute Gasteiger partial charge is 0.480 e. The van der Waals surface area contributed by atoms with Crippen LogP contribution in [0.15, 0.2) is 25.0 Å². The van der Waals surface area contributed by atoms with Crippen molar-refractivity contribution >= 4 is 35.5 Å². The van der Waals surface area contributed by atoms with Crippen LogP contribution < -0.4 is 21.3 Å². The summed E-state index contributed by atoms with van der Waals surface area (Å²) < 4.78 is 0. The molecule has 1 fully saturated rings. The molecule has 196 valence electrons. The molecule has 7 N–H and O–H groups in total. The molecule has 3 amide bonds. The van der Waals surface area contributed by atoms with Gasteiger partial charge in [-0.15, -0.1) is 0 Å². The number of thioether (sulfide) groups is 1. The zero-order valence-electron chi connectivity index (χ0n) is 20.0. The van der Waals surface area contributed by atoms with Crippen LogP contribution in [0.5, 0.6) is 0 Å². The lowest BCUT2D eigenvalue weighted by molar-refractivity contribution is -0.142. The standard InChI is InChI=1S/C22H32N8O5S/c1-36-6-4-16(22(34)35)28-20(32)17(7-13-9-23-11-26-13)30-21(33)18(8-14-10-24-12-27-14)29-19(31)15-3-2-5-25-15/h9-12,15-18,25H,2-8H2,1H3,(H,23,26)(H,24,27)(H,28,32)(H,29,31)(H,30,33)(H,34,35). The van der Waals surface area contributed by atoms with Gasteiger partial charge in [0.15, 0.2) is 0 Å². The maximum Gasteiger partial charge on any atom is 0.326 e. The monoisotopic (exact) mass is 520 g/mol. The number of nitrogens with one attached hydrogen (secondary N) is 6. The third-order valence-corrected chi connectivity index (χ3v) is 6.47. The first kappa shape index (κ1) is 27.2. The fourth-order valence-corrected chi connectivity index (χ4v) is 4.34. The molecule has 4 unspecified atom stereocenters. The van der Waals surface area contributed by atoms with Gasteiger partial charge in [-0.3, -0.25) is 14.4 Å². The van der Waals surface area contributed by atoms with Crippen LogP contribution in [-0.4, -0.2) is 91.5 Å². The summed E-state index contributed by atoms with van der Waals surface area (Å²) >= 11 is 1.47. The molecule has 0 aliphatic carbocycles. The van der Waals surface area contributed by atoms with Crippen LogP contribution >= 0.6 is 11.8 Å². The molecular weight excluding hydrogens is 488 g/mol. The van der Waals surface area contributed by atoms with Gasteiger partial charge in [0, 0.05) is 36.6 Å². The number of carboxylic acid groups (broad SMARTS) is 1. The average molecular weight is 521 g/mol. The van der Waals surface area contributed by atoms with Crippen LogP contribution in [-0.2, 0) is 32.0 Å². The number of aromatic nitrogens is 4. The second kappa shape index (κ2) is 13.6. The molecule has 13 nitrogen and oxygen atoms in total. The molecule has 3 heterocycles. The van der Waals surface area contributed by atoms with Gasteiger partial charge in [-0.25, -0.2) is 14.8 Å². The summed E-state index contributed by atoms with van der Waals surface area (Å²) in [4.78, 5) is 64.6. The third-order valence-electron chi connectivity index (χ3n) is 5.83. The van der Waals surface area contributed by atoms with Crippen LogP contribution in [0.1, 0.15) is 30.7 Å². The Morgan fingerprint density at radius 1 is 1.00 bits per heavy atom. The molecule has 3 rings (SSSR count). The molecule has 1 aliphatic heterocycles. The van der Waals surface area contributed by atoms with E-state index < -0.39 is 35.9 Å². The first-order valence-corrected chi connectivity index (χ1v) is 13.1. The van der Waals surface area contributed by atoms with Crippen LogP contribution in [0.3, 0.4) is 0 Å². The number of aliphatic carboxylic acids is 1. The lowest BCUT2D eigenvalue weighted by Gasteiger charge is -2.25. The van der Waals surface area contributed by atoms with Crippen molar-refractivity contribution in [2.24, 2.45) is 0 Å². The van der Waals surface area contributed by atoms with E-state index in [0.717, 1.165) is 13.0 Å². The Kier molecular flexibility index (Phi) is 10.3. The Morgan fingerprint density at radius 2 is 1.58 bits per heavy atom. The van der Waals surface area contributed by atoms with E-state index >= 15 is 0 Å². The number of carboxylic acids is 1. The summed E-state index contributed by atoms with van der Waals surface area (Å²) in [7, 11) is 0. The minimum Gasteiger partial charge on any atom is -0.480 e. The summed E-state index contributed by atoms with van der Waals surface area (Å²) in [5, 5.41) is 20.6. The third kappa shape index (κ3) is 8.09. The smallest absolute Gasteiger partial charge is 0.326 e. The van der Waals surface area contributed by atoms with E-state index in [9.17, 15) is 24.3 Å². The highest BCUT2D eigenvalue weighted by Gasteiger charge is 2.32. The highest BCUT2D eigenvalue weighted by atomic mass is 32.2. The Hall–Kier alpha value is -3.39. The zero-order chi connectivity index (χ0) is 25.9. The molecule has 2 aromatic heterocycles. The van der Waals surface area contributed by atoms with E-state index in [1.54, 1.807) is 6.20 Å². The van der Waals surface area contributed by atoms with E-state index in [-0.39, 0.29) is 31.2 Å². The van der Waals surface area contributed by atoms with E-state index in [0.29, 0.717) is 23.6 Å². The topological polar surface area (TPSA) is 194 Å². The Bertz CT molecular complexity index is 994. The van der Waals surface area contributed by atoms with Gasteiger partial charge in [0.1, 0.15) is 18.1 Å². The number of carbonyl (C=O) groups is 4. The highest BCUT2D eigenvalue weighted by molar-refractivity contribution is 7.98. The molecule has 0 spiro atoms. The van der Waals surface area contributed by atoms with Gasteiger partial charge in [0.25, 0.3) is 0 Å². The second-order valence-electron chi connectivity index (χ2n) is 8.51. The average Bonchev–Trinajstić information content (AvgIpc) is 3.64. The fourth-order valence-electron chi connectivity index (χ4n) is 3.87. The van der Waals surface area contributed by atoms with Gasteiger partial charge in [-0.1, -0.05) is 0 Å². The van der Waals surface area contributed by atoms with Crippen molar-refractivity contribution in [1.82, 2.24) is 41.2 Å². The van der Waals surface area contributed by atoms with Crippen molar-refractivity contribution in [2.45, 2.75) is 56.3 Å². The number of nitrogens with zero attached hydrogens (tertiary/aromatic N) is 2. The summed E-state index contributed by atoms with van der Waals surface area (Å²) in [6.07, 6.45) is 9.79. The molecule has 1 aliphatic rings. The number of hydrogen-bond acceptors (Lipinski definition) is 8. The lowest BCUT2D eigenvalue weighted by atomic mass is 10.1. The predicted molar refractivity (Wildman–Crippen MR) is 132 cm³/mol. The minimum atomic E-state index is -1.16. The Morgan fingerprint density at radius 3 is 2.06 bits per heavy atom. The van der Waals surface area contributed by atoms with E-state index in [4.69, 9.17) is 0 Å². The van der Waals surface area contributed by atoms with Crippen molar-refractivity contribution < 1.29 is 24.3 Å². The summed E-state index contributed by atoms with van der Waals surface area (Å²) in [5.41, 5.74) is 1.21. The van der Waals surface area contributed by atoms with Gasteiger partial charge in [-0.05, 0) is 37.8 Å². The molecule has 4 atom stereocenters. The van der Waals surface area contributed by atoms with Crippen LogP contribution in [0.4, 0.5) is 0 Å². The summed E-state index contributed by atoms with van der Waals surface area (Å²) in [6.45, 7) is 0.725. The fraction of sp³-hybridized carbons (Fsp3) is 0.545. The zero-order valence-corrected chi connectivity index (χ0v) is 20.8. The maximum atomic E-state index is 13.3. The molecule has 1 saturated heterocycles. The van der Waals surface area contributed by atoms with Crippen LogP contribution in [0.2, 0.25) is 0 Å². The first-order valence-electron chi connectivity index (χ1n) is 11.7. The lowest BCUT2D eigenvalue weighted by Crippen LogP contribution is -2.58. The molecule has 0 radical (unpaired) electrons. The number of amides is 3. The number of aromatic amines is 2. The second-order valence-corrected chi connectivity index (χ2v) is 9.50. The number of imidazole rings is 2. The number of H-pyrrole nitrogens is 2. The van der Waals surface area contributed by atoms with Gasteiger partial charge in [0.05, 0.1) is 18.7 Å². The van der Waals surface area contributed by atoms with E-state index in [2.05, 4.69) is 41.2 Å². The molecule has 2 aromatic rings. The van der Waals surface area contributed by atoms with Crippen molar-refractivity contribution in [3.05, 3.63) is 36.4 Å². The normalized spacial score (nSPS) is 17.6. The number of hydrogen-bond donors (Lipinski definition) is 7. The Balaban J connectivity index is 1.75. The van der Waals surface area contributed by atoms with Gasteiger partial charge in [-0.2, -0.15) is 11.8 Å². The van der Waals surface area contributed by atoms with Crippen molar-refractivity contribution in [3.8, 4) is 0 Å². The molecule has 14 heteroatoms. The van der Waals surface area contributed by atoms with E-state index in [1.165, 1.54) is 30.6 Å². The summed E-state index contributed by atoms with van der Waals surface area (Å²) in [6, 6.07) is -3.57. The molecule has 0 saturated carbocycles. The van der Waals surface area contributed by atoms with Crippen LogP contribution in [0.25, 0.3) is 0 Å². The molecule has 0 aromatic carbocycles. The molecule has 36 heavy (non-hydrogen) atoms. The SMILES string of the molecule is CSCCC(NC(=O)C(Cc1cnc[nH]1)NC(=O)C(Cc1cnc[nH]1)NC(=O)C1CCCN1)C(=O)O. The molecular formula is C22H32N8O5S. The highest BCUT2D eigenvalue weighted by Crippen LogP contribution is 2.08. The van der Waals surface area contributed by atoms with Crippen LogP contribution in [0, 0.1) is 0 Å². The summed E-state index contributed by atoms with van der Waals surface area (Å²) in [5.74, 6) is -2.13. The first-order chi connectivity index (χ1) is 17.4. The number of carbonyl (C=O) groups excluding carboxylic acids is 3. The van der Waals surface area contributed by atoms with Gasteiger partial charge >= 0.3 is 5.97 Å². The van der Waals surface area contributed by atoms with Gasteiger partial charge < -0.3 is 36.3 Å². The minimum absolute atomic E-state index is 0.0569. The van der Waals surface area contributed by atoms with Crippen molar-refractivity contribution in [1.29, 1.82) is 0 Å². The van der Waals surface area contributed by atoms with E-state index in [1.807, 2.05) is 6.26 Å². The predicted octanol–water partition coefficient (Wildman–Crippen LogP) is -1.04.